The predicted octanol–water partition coefficient (Wildman–Crippen LogP) is 3.71. The van der Waals surface area contributed by atoms with Crippen LogP contribution in [0.15, 0.2) is 42.5 Å². The zero-order valence-electron chi connectivity index (χ0n) is 16.3. The van der Waals surface area contributed by atoms with Crippen molar-refractivity contribution in [3.8, 4) is 5.75 Å². The molecule has 0 aromatic heterocycles. The molecule has 0 N–H and O–H groups in total. The maximum absolute atomic E-state index is 12.8. The Bertz CT molecular complexity index is 851. The maximum Gasteiger partial charge on any atom is 0.260 e. The highest BCUT2D eigenvalue weighted by molar-refractivity contribution is 6.30. The van der Waals surface area contributed by atoms with Crippen LogP contribution >= 0.6 is 11.6 Å². The topological polar surface area (TPSA) is 49.9 Å². The maximum atomic E-state index is 12.8. The molecule has 1 fully saturated rings. The number of ether oxygens (including phenoxy) is 1. The first-order valence-corrected chi connectivity index (χ1v) is 9.84. The summed E-state index contributed by atoms with van der Waals surface area (Å²) in [5, 5.41) is 0.625. The van der Waals surface area contributed by atoms with Gasteiger partial charge in [0, 0.05) is 36.8 Å². The molecule has 1 aliphatic rings. The van der Waals surface area contributed by atoms with Crippen LogP contribution in [0.25, 0.3) is 0 Å². The number of carbonyl (C=O) groups is 2. The zero-order chi connectivity index (χ0) is 20.1. The molecule has 0 bridgehead atoms. The molecule has 0 radical (unpaired) electrons. The number of benzene rings is 2. The Hall–Kier alpha value is -2.53. The summed E-state index contributed by atoms with van der Waals surface area (Å²) in [4.78, 5) is 28.9. The summed E-state index contributed by atoms with van der Waals surface area (Å²) in [6.45, 7) is 6.33. The van der Waals surface area contributed by atoms with Gasteiger partial charge in [-0.2, -0.15) is 0 Å². The second-order valence-electron chi connectivity index (χ2n) is 7.07. The Kier molecular flexibility index (Phi) is 6.57. The van der Waals surface area contributed by atoms with E-state index in [-0.39, 0.29) is 18.4 Å². The smallest absolute Gasteiger partial charge is 0.260 e. The van der Waals surface area contributed by atoms with E-state index < -0.39 is 0 Å². The third-order valence-electron chi connectivity index (χ3n) is 5.07. The van der Waals surface area contributed by atoms with Crippen LogP contribution in [-0.4, -0.2) is 54.4 Å². The standard InChI is InChI=1S/C22H25ClN2O3/c1-16-4-5-18(14-17(16)2)22(27)25-11-3-10-24(12-13-25)21(26)15-28-20-8-6-19(23)7-9-20/h4-9,14H,3,10-13,15H2,1-2H3. The Balaban J connectivity index is 1.54. The second-order valence-corrected chi connectivity index (χ2v) is 7.50. The van der Waals surface area contributed by atoms with Gasteiger partial charge in [0.1, 0.15) is 5.75 Å². The average molecular weight is 401 g/mol. The molecular formula is C22H25ClN2O3. The summed E-state index contributed by atoms with van der Waals surface area (Å²) in [6, 6.07) is 12.7. The fourth-order valence-corrected chi connectivity index (χ4v) is 3.32. The van der Waals surface area contributed by atoms with Crippen LogP contribution in [0.2, 0.25) is 5.02 Å². The summed E-state index contributed by atoms with van der Waals surface area (Å²) in [5.74, 6) is 0.560. The van der Waals surface area contributed by atoms with E-state index in [1.165, 1.54) is 5.56 Å². The fourth-order valence-electron chi connectivity index (χ4n) is 3.19. The molecule has 1 saturated heterocycles. The molecular weight excluding hydrogens is 376 g/mol. The van der Waals surface area contributed by atoms with Crippen LogP contribution in [-0.2, 0) is 4.79 Å². The molecule has 0 spiro atoms. The van der Waals surface area contributed by atoms with Gasteiger partial charge in [0.15, 0.2) is 6.61 Å². The number of halogens is 1. The van der Waals surface area contributed by atoms with Crippen molar-refractivity contribution >= 4 is 23.4 Å². The van der Waals surface area contributed by atoms with Crippen LogP contribution in [0.3, 0.4) is 0 Å². The van der Waals surface area contributed by atoms with E-state index in [9.17, 15) is 9.59 Å². The van der Waals surface area contributed by atoms with Gasteiger partial charge >= 0.3 is 0 Å². The van der Waals surface area contributed by atoms with Crippen molar-refractivity contribution in [1.29, 1.82) is 0 Å². The van der Waals surface area contributed by atoms with E-state index in [0.717, 1.165) is 12.0 Å². The van der Waals surface area contributed by atoms with Crippen LogP contribution in [0, 0.1) is 13.8 Å². The number of rotatable bonds is 4. The molecule has 2 aromatic rings. The SMILES string of the molecule is Cc1ccc(C(=O)N2CCCN(C(=O)COc3ccc(Cl)cc3)CC2)cc1C. The van der Waals surface area contributed by atoms with Gasteiger partial charge in [0.25, 0.3) is 11.8 Å². The van der Waals surface area contributed by atoms with E-state index in [4.69, 9.17) is 16.3 Å². The highest BCUT2D eigenvalue weighted by Gasteiger charge is 2.23. The number of amides is 2. The molecule has 5 nitrogen and oxygen atoms in total. The minimum Gasteiger partial charge on any atom is -0.484 e. The van der Waals surface area contributed by atoms with Crippen molar-refractivity contribution in [3.05, 3.63) is 64.2 Å². The van der Waals surface area contributed by atoms with Crippen LogP contribution in [0.4, 0.5) is 0 Å². The molecule has 0 saturated carbocycles. The lowest BCUT2D eigenvalue weighted by Crippen LogP contribution is -2.39. The van der Waals surface area contributed by atoms with Gasteiger partial charge in [-0.05, 0) is 67.8 Å². The number of carbonyl (C=O) groups excluding carboxylic acids is 2. The lowest BCUT2D eigenvalue weighted by atomic mass is 10.1. The first-order chi connectivity index (χ1) is 13.4. The quantitative estimate of drug-likeness (QED) is 0.786. The van der Waals surface area contributed by atoms with E-state index in [1.54, 1.807) is 29.2 Å². The van der Waals surface area contributed by atoms with Crippen molar-refractivity contribution in [2.45, 2.75) is 20.3 Å². The molecule has 0 unspecified atom stereocenters. The monoisotopic (exact) mass is 400 g/mol. The summed E-state index contributed by atoms with van der Waals surface area (Å²) in [6.07, 6.45) is 0.753. The van der Waals surface area contributed by atoms with Gasteiger partial charge < -0.3 is 14.5 Å². The van der Waals surface area contributed by atoms with Gasteiger partial charge in [0.2, 0.25) is 0 Å². The molecule has 28 heavy (non-hydrogen) atoms. The summed E-state index contributed by atoms with van der Waals surface area (Å²) < 4.78 is 5.55. The Labute approximate surface area is 170 Å². The van der Waals surface area contributed by atoms with Crippen molar-refractivity contribution in [2.24, 2.45) is 0 Å². The summed E-state index contributed by atoms with van der Waals surface area (Å²) in [7, 11) is 0. The molecule has 1 aliphatic heterocycles. The fraction of sp³-hybridized carbons (Fsp3) is 0.364. The normalized spacial score (nSPS) is 14.5. The molecule has 3 rings (SSSR count). The molecule has 1 heterocycles. The van der Waals surface area contributed by atoms with Crippen molar-refractivity contribution < 1.29 is 14.3 Å². The van der Waals surface area contributed by atoms with Gasteiger partial charge in [-0.1, -0.05) is 17.7 Å². The third kappa shape index (κ3) is 5.04. The minimum atomic E-state index is -0.0737. The van der Waals surface area contributed by atoms with Crippen molar-refractivity contribution in [1.82, 2.24) is 9.80 Å². The average Bonchev–Trinajstić information content (AvgIpc) is 2.95. The Morgan fingerprint density at radius 2 is 1.61 bits per heavy atom. The molecule has 6 heteroatoms. The number of hydrogen-bond acceptors (Lipinski definition) is 3. The van der Waals surface area contributed by atoms with Crippen molar-refractivity contribution in [2.75, 3.05) is 32.8 Å². The largest absolute Gasteiger partial charge is 0.484 e. The zero-order valence-corrected chi connectivity index (χ0v) is 17.0. The molecule has 2 aromatic carbocycles. The van der Waals surface area contributed by atoms with Gasteiger partial charge in [-0.3, -0.25) is 9.59 Å². The molecule has 0 atom stereocenters. The number of nitrogens with zero attached hydrogens (tertiary/aromatic N) is 2. The summed E-state index contributed by atoms with van der Waals surface area (Å²) in [5.41, 5.74) is 2.98. The first-order valence-electron chi connectivity index (χ1n) is 9.47. The van der Waals surface area contributed by atoms with Gasteiger partial charge in [-0.15, -0.1) is 0 Å². The second kappa shape index (κ2) is 9.11. The lowest BCUT2D eigenvalue weighted by Gasteiger charge is -2.22. The summed E-state index contributed by atoms with van der Waals surface area (Å²) >= 11 is 5.85. The highest BCUT2D eigenvalue weighted by Crippen LogP contribution is 2.16. The Morgan fingerprint density at radius 1 is 0.929 bits per heavy atom. The van der Waals surface area contributed by atoms with Crippen molar-refractivity contribution in [3.63, 3.8) is 0 Å². The van der Waals surface area contributed by atoms with Crippen LogP contribution < -0.4 is 4.74 Å². The number of hydrogen-bond donors (Lipinski definition) is 0. The lowest BCUT2D eigenvalue weighted by molar-refractivity contribution is -0.133. The minimum absolute atomic E-state index is 0.0211. The number of aryl methyl sites for hydroxylation is 2. The van der Waals surface area contributed by atoms with Crippen LogP contribution in [0.5, 0.6) is 5.75 Å². The highest BCUT2D eigenvalue weighted by atomic mass is 35.5. The predicted molar refractivity (Wildman–Crippen MR) is 110 cm³/mol. The van der Waals surface area contributed by atoms with Gasteiger partial charge in [0.05, 0.1) is 0 Å². The molecule has 0 aliphatic carbocycles. The van der Waals surface area contributed by atoms with E-state index in [0.29, 0.717) is 42.5 Å². The molecule has 148 valence electrons. The third-order valence-corrected chi connectivity index (χ3v) is 5.32. The van der Waals surface area contributed by atoms with E-state index >= 15 is 0 Å². The van der Waals surface area contributed by atoms with Gasteiger partial charge in [-0.25, -0.2) is 0 Å². The van der Waals surface area contributed by atoms with Crippen LogP contribution in [0.1, 0.15) is 27.9 Å². The van der Waals surface area contributed by atoms with E-state index in [1.807, 2.05) is 36.9 Å². The first kappa shape index (κ1) is 20.2. The Morgan fingerprint density at radius 3 is 2.32 bits per heavy atom. The van der Waals surface area contributed by atoms with E-state index in [2.05, 4.69) is 0 Å². The molecule has 2 amide bonds.